The van der Waals surface area contributed by atoms with Crippen LogP contribution in [0.1, 0.15) is 22.3 Å². The molecule has 2 N–H and O–H groups in total. The van der Waals surface area contributed by atoms with Gasteiger partial charge >= 0.3 is 0 Å². The van der Waals surface area contributed by atoms with E-state index in [4.69, 9.17) is 5.14 Å². The maximum absolute atomic E-state index is 13.5. The molecule has 0 aromatic heterocycles. The van der Waals surface area contributed by atoms with Gasteiger partial charge in [-0.15, -0.1) is 0 Å². The first kappa shape index (κ1) is 27.3. The van der Waals surface area contributed by atoms with Gasteiger partial charge in [0.15, 0.2) is 0 Å². The molecule has 0 aliphatic carbocycles. The van der Waals surface area contributed by atoms with Crippen molar-refractivity contribution in [2.45, 2.75) is 23.8 Å². The van der Waals surface area contributed by atoms with Crippen LogP contribution in [0.25, 0.3) is 0 Å². The molecule has 1 heterocycles. The van der Waals surface area contributed by atoms with Gasteiger partial charge in [-0.05, 0) is 83.1 Å². The number of nitro benzene ring substituents is 1. The monoisotopic (exact) mass is 648 g/mol. The number of anilines is 1. The van der Waals surface area contributed by atoms with Gasteiger partial charge in [0.2, 0.25) is 15.9 Å². The largest absolute Gasteiger partial charge is 0.326 e. The fraction of sp³-hybridized carbons (Fsp3) is 0.160. The van der Waals surface area contributed by atoms with Crippen LogP contribution < -0.4 is 10.0 Å². The van der Waals surface area contributed by atoms with Gasteiger partial charge in [-0.25, -0.2) is 18.5 Å². The second-order valence-corrected chi connectivity index (χ2v) is 11.3. The molecule has 1 aliphatic heterocycles. The van der Waals surface area contributed by atoms with Gasteiger partial charge < -0.3 is 4.90 Å². The van der Waals surface area contributed by atoms with Crippen LogP contribution >= 0.6 is 22.6 Å². The SMILES string of the molecule is NS(=O)(=O)c1ccc(CCN(C(=O)c2ccc([N+](=O)[O-])cc2)C2CC(=O)N(c3ccc(I)cc3)C2=O)cc1. The Balaban J connectivity index is 1.63. The number of imide groups is 1. The lowest BCUT2D eigenvalue weighted by Crippen LogP contribution is -2.46. The fourth-order valence-corrected chi connectivity index (χ4v) is 4.98. The van der Waals surface area contributed by atoms with Gasteiger partial charge in [0.05, 0.1) is 21.9 Å². The van der Waals surface area contributed by atoms with Crippen LogP contribution in [0.15, 0.2) is 77.7 Å². The third-order valence-corrected chi connectivity index (χ3v) is 7.71. The zero-order valence-corrected chi connectivity index (χ0v) is 22.7. The highest BCUT2D eigenvalue weighted by atomic mass is 127. The second-order valence-electron chi connectivity index (χ2n) is 8.51. The summed E-state index contributed by atoms with van der Waals surface area (Å²) in [5, 5.41) is 16.2. The quantitative estimate of drug-likeness (QED) is 0.170. The van der Waals surface area contributed by atoms with Crippen LogP contribution in [0.4, 0.5) is 11.4 Å². The Morgan fingerprint density at radius 2 is 1.63 bits per heavy atom. The summed E-state index contributed by atoms with van der Waals surface area (Å²) in [6.07, 6.45) is 0.0129. The Hall–Kier alpha value is -3.69. The lowest BCUT2D eigenvalue weighted by Gasteiger charge is -2.28. The van der Waals surface area contributed by atoms with Crippen molar-refractivity contribution < 1.29 is 27.7 Å². The van der Waals surface area contributed by atoms with E-state index in [0.717, 1.165) is 8.47 Å². The van der Waals surface area contributed by atoms with E-state index in [0.29, 0.717) is 11.3 Å². The van der Waals surface area contributed by atoms with Gasteiger partial charge in [0, 0.05) is 27.8 Å². The number of sulfonamides is 1. The first-order chi connectivity index (χ1) is 18.0. The van der Waals surface area contributed by atoms with Gasteiger partial charge in [0.25, 0.3) is 17.5 Å². The Labute approximate surface area is 231 Å². The number of hydrogen-bond acceptors (Lipinski definition) is 7. The number of nitro groups is 1. The minimum absolute atomic E-state index is 0.0226. The van der Waals surface area contributed by atoms with E-state index in [1.165, 1.54) is 41.3 Å². The predicted octanol–water partition coefficient (Wildman–Crippen LogP) is 2.86. The molecular formula is C25H21IN4O7S. The van der Waals surface area contributed by atoms with E-state index in [1.807, 2.05) is 0 Å². The van der Waals surface area contributed by atoms with Gasteiger partial charge in [-0.3, -0.25) is 24.5 Å². The van der Waals surface area contributed by atoms with Gasteiger partial charge in [-0.1, -0.05) is 12.1 Å². The van der Waals surface area contributed by atoms with Crippen molar-refractivity contribution in [2.24, 2.45) is 5.14 Å². The first-order valence-electron chi connectivity index (χ1n) is 11.3. The number of nitrogens with zero attached hydrogens (tertiary/aromatic N) is 3. The second kappa shape index (κ2) is 11.0. The predicted molar refractivity (Wildman–Crippen MR) is 146 cm³/mol. The Bertz CT molecular complexity index is 1510. The summed E-state index contributed by atoms with van der Waals surface area (Å²) in [5.41, 5.74) is 0.989. The normalized spacial score (nSPS) is 15.5. The molecule has 3 aromatic rings. The van der Waals surface area contributed by atoms with E-state index in [1.54, 1.807) is 36.4 Å². The molecule has 11 nitrogen and oxygen atoms in total. The molecule has 0 spiro atoms. The van der Waals surface area contributed by atoms with Crippen LogP contribution in [-0.2, 0) is 26.0 Å². The molecular weight excluding hydrogens is 627 g/mol. The van der Waals surface area contributed by atoms with E-state index in [9.17, 15) is 32.9 Å². The average molecular weight is 648 g/mol. The molecule has 4 rings (SSSR count). The van der Waals surface area contributed by atoms with Crippen molar-refractivity contribution in [1.29, 1.82) is 0 Å². The molecule has 38 heavy (non-hydrogen) atoms. The number of carbonyl (C=O) groups excluding carboxylic acids is 3. The summed E-state index contributed by atoms with van der Waals surface area (Å²) in [6, 6.07) is 16.5. The van der Waals surface area contributed by atoms with Gasteiger partial charge in [-0.2, -0.15) is 0 Å². The highest BCUT2D eigenvalue weighted by molar-refractivity contribution is 14.1. The molecule has 1 atom stereocenters. The van der Waals surface area contributed by atoms with Crippen molar-refractivity contribution in [1.82, 2.24) is 4.90 Å². The number of non-ortho nitro benzene ring substituents is 1. The Morgan fingerprint density at radius 3 is 2.18 bits per heavy atom. The van der Waals surface area contributed by atoms with Crippen LogP contribution in [0, 0.1) is 13.7 Å². The van der Waals surface area contributed by atoms with Crippen molar-refractivity contribution in [2.75, 3.05) is 11.4 Å². The fourth-order valence-electron chi connectivity index (χ4n) is 4.11. The lowest BCUT2D eigenvalue weighted by atomic mass is 10.1. The number of amides is 3. The standard InChI is InChI=1S/C25H21IN4O7S/c26-18-5-9-19(10-6-18)29-23(31)15-22(25(29)33)28(24(32)17-3-7-20(8-4-17)30(34)35)14-13-16-1-11-21(12-2-16)38(27,36)37/h1-12,22H,13-15H2,(H2,27,36,37). The van der Waals surface area contributed by atoms with E-state index >= 15 is 0 Å². The topological polar surface area (TPSA) is 161 Å². The highest BCUT2D eigenvalue weighted by Gasteiger charge is 2.44. The minimum Gasteiger partial charge on any atom is -0.326 e. The molecule has 196 valence electrons. The molecule has 1 aliphatic rings. The first-order valence-corrected chi connectivity index (χ1v) is 13.9. The van der Waals surface area contributed by atoms with Crippen molar-refractivity contribution in [3.63, 3.8) is 0 Å². The number of rotatable bonds is 8. The minimum atomic E-state index is -3.87. The van der Waals surface area contributed by atoms with Crippen LogP contribution in [0.5, 0.6) is 0 Å². The zero-order chi connectivity index (χ0) is 27.6. The van der Waals surface area contributed by atoms with Gasteiger partial charge in [0.1, 0.15) is 6.04 Å². The molecule has 3 aromatic carbocycles. The number of halogens is 1. The Kier molecular flexibility index (Phi) is 7.89. The maximum atomic E-state index is 13.5. The highest BCUT2D eigenvalue weighted by Crippen LogP contribution is 2.28. The van der Waals surface area contributed by atoms with Crippen LogP contribution in [0.2, 0.25) is 0 Å². The number of nitrogens with two attached hydrogens (primary N) is 1. The van der Waals surface area contributed by atoms with Crippen LogP contribution in [-0.4, -0.2) is 48.5 Å². The summed E-state index contributed by atoms with van der Waals surface area (Å²) >= 11 is 2.11. The zero-order valence-electron chi connectivity index (χ0n) is 19.7. The molecule has 0 saturated carbocycles. The number of carbonyl (C=O) groups is 3. The third kappa shape index (κ3) is 5.89. The summed E-state index contributed by atoms with van der Waals surface area (Å²) < 4.78 is 24.0. The smallest absolute Gasteiger partial charge is 0.269 e. The molecule has 1 fully saturated rings. The van der Waals surface area contributed by atoms with Crippen molar-refractivity contribution >= 4 is 61.7 Å². The molecule has 0 radical (unpaired) electrons. The summed E-state index contributed by atoms with van der Waals surface area (Å²) in [5.74, 6) is -1.59. The number of hydrogen-bond donors (Lipinski definition) is 1. The number of primary sulfonamides is 1. The third-order valence-electron chi connectivity index (χ3n) is 6.06. The summed E-state index contributed by atoms with van der Waals surface area (Å²) in [7, 11) is -3.87. The van der Waals surface area contributed by atoms with Crippen molar-refractivity contribution in [3.05, 3.63) is 97.6 Å². The molecule has 0 bridgehead atoms. The molecule has 13 heteroatoms. The molecule has 1 unspecified atom stereocenters. The van der Waals surface area contributed by atoms with E-state index in [2.05, 4.69) is 22.6 Å². The molecule has 3 amide bonds. The lowest BCUT2D eigenvalue weighted by molar-refractivity contribution is -0.384. The van der Waals surface area contributed by atoms with Crippen molar-refractivity contribution in [3.8, 4) is 0 Å². The maximum Gasteiger partial charge on any atom is 0.269 e. The Morgan fingerprint density at radius 1 is 1.03 bits per heavy atom. The number of benzene rings is 3. The average Bonchev–Trinajstić information content (AvgIpc) is 3.17. The summed E-state index contributed by atoms with van der Waals surface area (Å²) in [4.78, 5) is 52.6. The van der Waals surface area contributed by atoms with Crippen LogP contribution in [0.3, 0.4) is 0 Å². The van der Waals surface area contributed by atoms with E-state index < -0.39 is 38.7 Å². The summed E-state index contributed by atoms with van der Waals surface area (Å²) in [6.45, 7) is 0.0226. The van der Waals surface area contributed by atoms with E-state index in [-0.39, 0.29) is 35.5 Å². The molecule has 1 saturated heterocycles.